The number of carboxylic acid groups (broad SMARTS) is 1. The van der Waals surface area contributed by atoms with Gasteiger partial charge in [0, 0.05) is 5.25 Å². The average Bonchev–Trinajstić information content (AvgIpc) is 2.83. The number of aliphatic carboxylic acids is 1. The first-order valence-corrected chi connectivity index (χ1v) is 15.8. The van der Waals surface area contributed by atoms with Crippen LogP contribution in [0.1, 0.15) is 137 Å². The molecule has 0 spiro atoms. The molecule has 0 rings (SSSR count). The normalized spacial score (nSPS) is 15.3. The summed E-state index contributed by atoms with van der Waals surface area (Å²) >= 11 is 1.88. The van der Waals surface area contributed by atoms with Crippen molar-refractivity contribution in [2.24, 2.45) is 0 Å². The molecule has 0 fully saturated rings. The molecule has 0 saturated carbocycles. The maximum absolute atomic E-state index is 11.9. The molecule has 0 radical (unpaired) electrons. The summed E-state index contributed by atoms with van der Waals surface area (Å²) < 4.78 is 23.1. The van der Waals surface area contributed by atoms with Gasteiger partial charge in [0.05, 0.1) is 12.7 Å². The Kier molecular flexibility index (Phi) is 23.1. The predicted molar refractivity (Wildman–Crippen MR) is 146 cm³/mol. The highest BCUT2D eigenvalue weighted by Gasteiger charge is 2.45. The third-order valence-corrected chi connectivity index (χ3v) is 8.42. The summed E-state index contributed by atoms with van der Waals surface area (Å²) in [5.74, 6) is -0.276. The molecule has 0 amide bonds. The lowest BCUT2D eigenvalue weighted by Gasteiger charge is -2.31. The van der Waals surface area contributed by atoms with Gasteiger partial charge in [-0.2, -0.15) is 11.8 Å². The van der Waals surface area contributed by atoms with Crippen molar-refractivity contribution in [1.29, 1.82) is 0 Å². The minimum atomic E-state index is -2.10. The molecule has 0 aromatic heterocycles. The summed E-state index contributed by atoms with van der Waals surface area (Å²) in [5.41, 5.74) is -2.10. The fourth-order valence-electron chi connectivity index (χ4n) is 4.03. The second kappa shape index (κ2) is 23.3. The van der Waals surface area contributed by atoms with Crippen LogP contribution >= 0.6 is 20.2 Å². The number of rotatable bonds is 26. The Morgan fingerprint density at radius 2 is 1.32 bits per heavy atom. The topological polar surface area (TPSA) is 72.8 Å². The van der Waals surface area contributed by atoms with Crippen LogP contribution in [0.15, 0.2) is 0 Å². The minimum absolute atomic E-state index is 0.172. The molecule has 1 N–H and O–H groups in total. The van der Waals surface area contributed by atoms with Crippen LogP contribution in [-0.2, 0) is 18.8 Å². The SMILES string of the molecule is CCCCCCCCCCSC(CCCCCCCCC)C(C)OC(OCCC)(P=O)C(=O)O. The van der Waals surface area contributed by atoms with Gasteiger partial charge in [-0.3, -0.25) is 4.57 Å². The quantitative estimate of drug-likeness (QED) is 0.0696. The van der Waals surface area contributed by atoms with Crippen molar-refractivity contribution in [2.45, 2.75) is 154 Å². The van der Waals surface area contributed by atoms with Crippen LogP contribution in [0.25, 0.3) is 0 Å². The van der Waals surface area contributed by atoms with Gasteiger partial charge in [-0.1, -0.05) is 111 Å². The average molecular weight is 521 g/mol. The number of carbonyl (C=O) groups is 1. The summed E-state index contributed by atoms with van der Waals surface area (Å²) in [4.78, 5) is 11.9. The van der Waals surface area contributed by atoms with E-state index in [1.54, 1.807) is 0 Å². The Balaban J connectivity index is 4.70. The molecular formula is C27H53O5PS. The fourth-order valence-corrected chi connectivity index (χ4v) is 5.79. The minimum Gasteiger partial charge on any atom is -0.477 e. The summed E-state index contributed by atoms with van der Waals surface area (Å²) in [6.07, 6.45) is 20.4. The van der Waals surface area contributed by atoms with Crippen molar-refractivity contribution < 1.29 is 23.9 Å². The van der Waals surface area contributed by atoms with E-state index in [0.29, 0.717) is 6.42 Å². The Morgan fingerprint density at radius 3 is 1.79 bits per heavy atom. The number of thioether (sulfide) groups is 1. The van der Waals surface area contributed by atoms with Gasteiger partial charge in [0.25, 0.3) is 0 Å². The molecule has 0 aromatic carbocycles. The number of unbranched alkanes of at least 4 members (excludes halogenated alkanes) is 13. The molecule has 0 aliphatic rings. The Labute approximate surface area is 216 Å². The molecule has 0 aromatic rings. The van der Waals surface area contributed by atoms with Crippen LogP contribution in [0.3, 0.4) is 0 Å². The fraction of sp³-hybridized carbons (Fsp3) is 0.963. The molecular weight excluding hydrogens is 467 g/mol. The van der Waals surface area contributed by atoms with Gasteiger partial charge >= 0.3 is 11.5 Å². The maximum Gasteiger partial charge on any atom is 0.377 e. The molecule has 0 saturated heterocycles. The van der Waals surface area contributed by atoms with E-state index in [9.17, 15) is 14.5 Å². The van der Waals surface area contributed by atoms with E-state index in [4.69, 9.17) is 9.47 Å². The predicted octanol–water partition coefficient (Wildman–Crippen LogP) is 9.23. The zero-order valence-corrected chi connectivity index (χ0v) is 24.2. The third-order valence-electron chi connectivity index (χ3n) is 6.18. The highest BCUT2D eigenvalue weighted by atomic mass is 32.2. The van der Waals surface area contributed by atoms with Gasteiger partial charge in [0.2, 0.25) is 8.46 Å². The van der Waals surface area contributed by atoms with E-state index in [1.807, 2.05) is 25.6 Å². The van der Waals surface area contributed by atoms with E-state index in [-0.39, 0.29) is 18.0 Å². The third kappa shape index (κ3) is 16.5. The van der Waals surface area contributed by atoms with Gasteiger partial charge in [-0.05, 0) is 31.9 Å². The van der Waals surface area contributed by atoms with Crippen molar-refractivity contribution in [3.63, 3.8) is 0 Å². The zero-order valence-electron chi connectivity index (χ0n) is 22.5. The van der Waals surface area contributed by atoms with Gasteiger partial charge in [0.15, 0.2) is 0 Å². The van der Waals surface area contributed by atoms with Crippen molar-refractivity contribution in [2.75, 3.05) is 12.4 Å². The smallest absolute Gasteiger partial charge is 0.377 e. The maximum atomic E-state index is 11.9. The molecule has 202 valence electrons. The second-order valence-electron chi connectivity index (χ2n) is 9.44. The first kappa shape index (κ1) is 33.8. The lowest BCUT2D eigenvalue weighted by Crippen LogP contribution is -2.44. The van der Waals surface area contributed by atoms with E-state index in [2.05, 4.69) is 13.8 Å². The van der Waals surface area contributed by atoms with Crippen LogP contribution in [0.2, 0.25) is 0 Å². The molecule has 3 atom stereocenters. The summed E-state index contributed by atoms with van der Waals surface area (Å²) in [6.45, 7) is 8.48. The molecule has 34 heavy (non-hydrogen) atoms. The molecule has 0 aliphatic heterocycles. The molecule has 0 bridgehead atoms. The van der Waals surface area contributed by atoms with E-state index < -0.39 is 20.0 Å². The standard InChI is InChI=1S/C27H53O5PS/c1-5-8-10-12-14-16-18-20-23-34-25(21-19-17-15-13-11-9-6-2)24(4)32-27(33-30,26(28)29)31-22-7-3/h24-25H,5-23H2,1-4H3,(H,28,29). The molecule has 3 unspecified atom stereocenters. The lowest BCUT2D eigenvalue weighted by atomic mass is 10.1. The first-order valence-electron chi connectivity index (χ1n) is 14.0. The summed E-state index contributed by atoms with van der Waals surface area (Å²) in [5, 5.41) is 9.86. The number of ether oxygens (including phenoxy) is 2. The van der Waals surface area contributed by atoms with Gasteiger partial charge in [0.1, 0.15) is 0 Å². The van der Waals surface area contributed by atoms with E-state index in [1.165, 1.54) is 89.9 Å². The van der Waals surface area contributed by atoms with Gasteiger partial charge in [-0.15, -0.1) is 0 Å². The van der Waals surface area contributed by atoms with Crippen molar-refractivity contribution in [1.82, 2.24) is 0 Å². The highest BCUT2D eigenvalue weighted by molar-refractivity contribution is 7.99. The van der Waals surface area contributed by atoms with Gasteiger partial charge < -0.3 is 14.6 Å². The number of hydrogen-bond acceptors (Lipinski definition) is 5. The monoisotopic (exact) mass is 520 g/mol. The molecule has 7 heteroatoms. The molecule has 0 heterocycles. The zero-order chi connectivity index (χ0) is 25.5. The van der Waals surface area contributed by atoms with Crippen LogP contribution in [0.5, 0.6) is 0 Å². The summed E-state index contributed by atoms with van der Waals surface area (Å²) in [6, 6.07) is 0. The van der Waals surface area contributed by atoms with Crippen LogP contribution < -0.4 is 0 Å². The molecule has 0 aliphatic carbocycles. The van der Waals surface area contributed by atoms with Crippen molar-refractivity contribution in [3.8, 4) is 0 Å². The summed E-state index contributed by atoms with van der Waals surface area (Å²) in [7, 11) is -0.657. The highest BCUT2D eigenvalue weighted by Crippen LogP contribution is 2.33. The van der Waals surface area contributed by atoms with Crippen LogP contribution in [0.4, 0.5) is 0 Å². The number of carboxylic acids is 1. The van der Waals surface area contributed by atoms with Crippen LogP contribution in [0, 0.1) is 0 Å². The Hall–Kier alpha value is -0.160. The Bertz CT molecular complexity index is 494. The van der Waals surface area contributed by atoms with E-state index in [0.717, 1.165) is 18.6 Å². The second-order valence-corrected chi connectivity index (χ2v) is 11.6. The van der Waals surface area contributed by atoms with Crippen molar-refractivity contribution in [3.05, 3.63) is 0 Å². The largest absolute Gasteiger partial charge is 0.477 e. The Morgan fingerprint density at radius 1 is 0.824 bits per heavy atom. The molecule has 5 nitrogen and oxygen atoms in total. The lowest BCUT2D eigenvalue weighted by molar-refractivity contribution is -0.217. The number of hydrogen-bond donors (Lipinski definition) is 1. The van der Waals surface area contributed by atoms with Crippen LogP contribution in [-0.4, -0.2) is 40.3 Å². The van der Waals surface area contributed by atoms with Crippen molar-refractivity contribution >= 4 is 26.2 Å². The first-order chi connectivity index (χ1) is 16.5. The van der Waals surface area contributed by atoms with Gasteiger partial charge in [-0.25, -0.2) is 4.79 Å². The van der Waals surface area contributed by atoms with E-state index >= 15 is 0 Å².